The first-order valence-corrected chi connectivity index (χ1v) is 8.08. The molecule has 1 saturated heterocycles. The van der Waals surface area contributed by atoms with Crippen LogP contribution >= 0.6 is 11.3 Å². The van der Waals surface area contributed by atoms with Gasteiger partial charge in [-0.05, 0) is 6.92 Å². The van der Waals surface area contributed by atoms with Crippen molar-refractivity contribution in [3.8, 4) is 0 Å². The maximum atomic E-state index is 12.8. The van der Waals surface area contributed by atoms with Crippen molar-refractivity contribution in [2.24, 2.45) is 0 Å². The summed E-state index contributed by atoms with van der Waals surface area (Å²) in [5.74, 6) is 1.09. The van der Waals surface area contributed by atoms with Crippen LogP contribution in [0.3, 0.4) is 0 Å². The minimum Gasteiger partial charge on any atom is -0.423 e. The summed E-state index contributed by atoms with van der Waals surface area (Å²) in [7, 11) is 0. The van der Waals surface area contributed by atoms with Gasteiger partial charge in [0.2, 0.25) is 11.8 Å². The molecular formula is C14H18N4O3S. The SMILES string of the molecule is Cc1ncsc1C(=O)N1CCOC[C@H]1c1nnc(C(C)C)o1. The van der Waals surface area contributed by atoms with Crippen LogP contribution in [0.5, 0.6) is 0 Å². The standard InChI is InChI=1S/C14H18N4O3S/c1-8(2)12-16-17-13(21-12)10-6-20-5-4-18(10)14(19)11-9(3)15-7-22-11/h7-8,10H,4-6H2,1-3H3/t10-/m0/s1. The second-order valence-electron chi connectivity index (χ2n) is 5.49. The lowest BCUT2D eigenvalue weighted by molar-refractivity contribution is -0.0105. The zero-order valence-electron chi connectivity index (χ0n) is 12.8. The van der Waals surface area contributed by atoms with Gasteiger partial charge in [-0.25, -0.2) is 4.98 Å². The van der Waals surface area contributed by atoms with Crippen LogP contribution in [0.15, 0.2) is 9.93 Å². The van der Waals surface area contributed by atoms with Crippen molar-refractivity contribution in [1.82, 2.24) is 20.1 Å². The highest BCUT2D eigenvalue weighted by Gasteiger charge is 2.34. The van der Waals surface area contributed by atoms with Crippen molar-refractivity contribution in [3.05, 3.63) is 27.9 Å². The van der Waals surface area contributed by atoms with Crippen LogP contribution in [-0.4, -0.2) is 45.7 Å². The van der Waals surface area contributed by atoms with Crippen molar-refractivity contribution in [1.29, 1.82) is 0 Å². The molecule has 22 heavy (non-hydrogen) atoms. The van der Waals surface area contributed by atoms with Gasteiger partial charge in [0.25, 0.3) is 5.91 Å². The summed E-state index contributed by atoms with van der Waals surface area (Å²) in [5, 5.41) is 8.14. The van der Waals surface area contributed by atoms with Crippen LogP contribution in [0.1, 0.15) is 53.0 Å². The summed E-state index contributed by atoms with van der Waals surface area (Å²) in [6.45, 7) is 7.17. The summed E-state index contributed by atoms with van der Waals surface area (Å²) < 4.78 is 11.2. The van der Waals surface area contributed by atoms with Gasteiger partial charge in [-0.2, -0.15) is 0 Å². The van der Waals surface area contributed by atoms with Crippen molar-refractivity contribution in [2.75, 3.05) is 19.8 Å². The Labute approximate surface area is 132 Å². The molecule has 0 N–H and O–H groups in total. The Morgan fingerprint density at radius 2 is 2.27 bits per heavy atom. The number of morpholine rings is 1. The Hall–Kier alpha value is -1.80. The zero-order valence-corrected chi connectivity index (χ0v) is 13.6. The molecule has 0 aromatic carbocycles. The van der Waals surface area contributed by atoms with Crippen LogP contribution in [0.4, 0.5) is 0 Å². The van der Waals surface area contributed by atoms with Gasteiger partial charge < -0.3 is 14.1 Å². The van der Waals surface area contributed by atoms with Gasteiger partial charge in [0, 0.05) is 12.5 Å². The molecule has 2 aromatic heterocycles. The molecule has 0 saturated carbocycles. The molecule has 0 bridgehead atoms. The predicted molar refractivity (Wildman–Crippen MR) is 79.8 cm³/mol. The van der Waals surface area contributed by atoms with E-state index >= 15 is 0 Å². The molecular weight excluding hydrogens is 304 g/mol. The molecule has 1 fully saturated rings. The Morgan fingerprint density at radius 1 is 1.45 bits per heavy atom. The smallest absolute Gasteiger partial charge is 0.266 e. The monoisotopic (exact) mass is 322 g/mol. The van der Waals surface area contributed by atoms with E-state index in [1.165, 1.54) is 11.3 Å². The normalized spacial score (nSPS) is 18.9. The molecule has 3 heterocycles. The molecule has 0 aliphatic carbocycles. The molecule has 0 radical (unpaired) electrons. The number of carbonyl (C=O) groups excluding carboxylic acids is 1. The number of hydrogen-bond acceptors (Lipinski definition) is 7. The van der Waals surface area contributed by atoms with Crippen molar-refractivity contribution < 1.29 is 13.9 Å². The van der Waals surface area contributed by atoms with E-state index < -0.39 is 0 Å². The molecule has 1 aliphatic heterocycles. The first kappa shape index (κ1) is 15.1. The Morgan fingerprint density at radius 3 is 2.91 bits per heavy atom. The number of aromatic nitrogens is 3. The number of ether oxygens (including phenoxy) is 1. The number of carbonyl (C=O) groups is 1. The van der Waals surface area contributed by atoms with E-state index in [2.05, 4.69) is 15.2 Å². The molecule has 1 aliphatic rings. The summed E-state index contributed by atoms with van der Waals surface area (Å²) >= 11 is 1.35. The van der Waals surface area contributed by atoms with Crippen molar-refractivity contribution >= 4 is 17.2 Å². The molecule has 3 rings (SSSR count). The number of thiazole rings is 1. The second-order valence-corrected chi connectivity index (χ2v) is 6.34. The van der Waals surface area contributed by atoms with Crippen LogP contribution in [-0.2, 0) is 4.74 Å². The molecule has 118 valence electrons. The fourth-order valence-corrected chi connectivity index (χ4v) is 3.06. The van der Waals surface area contributed by atoms with E-state index in [4.69, 9.17) is 9.15 Å². The highest BCUT2D eigenvalue weighted by molar-refractivity contribution is 7.11. The van der Waals surface area contributed by atoms with E-state index in [1.807, 2.05) is 20.8 Å². The molecule has 8 heteroatoms. The van der Waals surface area contributed by atoms with Crippen LogP contribution < -0.4 is 0 Å². The minimum atomic E-state index is -0.345. The molecule has 0 unspecified atom stereocenters. The highest BCUT2D eigenvalue weighted by atomic mass is 32.1. The molecule has 1 amide bonds. The topological polar surface area (TPSA) is 81.4 Å². The molecule has 0 spiro atoms. The fraction of sp³-hybridized carbons (Fsp3) is 0.571. The Balaban J connectivity index is 1.87. The summed E-state index contributed by atoms with van der Waals surface area (Å²) in [6, 6.07) is -0.345. The second kappa shape index (κ2) is 6.13. The first-order valence-electron chi connectivity index (χ1n) is 7.20. The van der Waals surface area contributed by atoms with Gasteiger partial charge in [0.05, 0.1) is 24.4 Å². The van der Waals surface area contributed by atoms with Crippen LogP contribution in [0.2, 0.25) is 0 Å². The average Bonchev–Trinajstić information content (AvgIpc) is 3.15. The summed E-state index contributed by atoms with van der Waals surface area (Å²) in [5.41, 5.74) is 2.43. The predicted octanol–water partition coefficient (Wildman–Crippen LogP) is 2.17. The summed E-state index contributed by atoms with van der Waals surface area (Å²) in [4.78, 5) is 19.3. The van der Waals surface area contributed by atoms with Gasteiger partial charge in [-0.1, -0.05) is 13.8 Å². The molecule has 7 nitrogen and oxygen atoms in total. The van der Waals surface area contributed by atoms with Crippen molar-refractivity contribution in [2.45, 2.75) is 32.7 Å². The van der Waals surface area contributed by atoms with E-state index in [0.29, 0.717) is 36.4 Å². The van der Waals surface area contributed by atoms with E-state index in [0.717, 1.165) is 5.69 Å². The molecule has 2 aromatic rings. The quantitative estimate of drug-likeness (QED) is 0.861. The summed E-state index contributed by atoms with van der Waals surface area (Å²) in [6.07, 6.45) is 0. The third-order valence-corrected chi connectivity index (χ3v) is 4.48. The lowest BCUT2D eigenvalue weighted by Crippen LogP contribution is -2.43. The maximum absolute atomic E-state index is 12.8. The number of hydrogen-bond donors (Lipinski definition) is 0. The Kier molecular flexibility index (Phi) is 4.21. The minimum absolute atomic E-state index is 0.0578. The number of aryl methyl sites for hydroxylation is 1. The zero-order chi connectivity index (χ0) is 15.7. The number of amides is 1. The lowest BCUT2D eigenvalue weighted by Gasteiger charge is -2.33. The average molecular weight is 322 g/mol. The number of nitrogens with zero attached hydrogens (tertiary/aromatic N) is 4. The number of rotatable bonds is 3. The van der Waals surface area contributed by atoms with Gasteiger partial charge in [-0.15, -0.1) is 21.5 Å². The van der Waals surface area contributed by atoms with E-state index in [9.17, 15) is 4.79 Å². The first-order chi connectivity index (χ1) is 10.6. The molecule has 1 atom stereocenters. The maximum Gasteiger partial charge on any atom is 0.266 e. The fourth-order valence-electron chi connectivity index (χ4n) is 2.30. The largest absolute Gasteiger partial charge is 0.423 e. The highest BCUT2D eigenvalue weighted by Crippen LogP contribution is 2.28. The third-order valence-electron chi connectivity index (χ3n) is 3.56. The van der Waals surface area contributed by atoms with Gasteiger partial charge in [0.15, 0.2) is 0 Å². The lowest BCUT2D eigenvalue weighted by atomic mass is 10.2. The van der Waals surface area contributed by atoms with E-state index in [1.54, 1.807) is 10.4 Å². The van der Waals surface area contributed by atoms with E-state index in [-0.39, 0.29) is 17.9 Å². The van der Waals surface area contributed by atoms with Gasteiger partial charge in [-0.3, -0.25) is 4.79 Å². The Bertz CT molecular complexity index is 667. The van der Waals surface area contributed by atoms with Crippen LogP contribution in [0.25, 0.3) is 0 Å². The van der Waals surface area contributed by atoms with Gasteiger partial charge >= 0.3 is 0 Å². The van der Waals surface area contributed by atoms with Crippen molar-refractivity contribution in [3.63, 3.8) is 0 Å². The van der Waals surface area contributed by atoms with Crippen LogP contribution in [0, 0.1) is 6.92 Å². The van der Waals surface area contributed by atoms with Gasteiger partial charge in [0.1, 0.15) is 10.9 Å². The third kappa shape index (κ3) is 2.76.